The van der Waals surface area contributed by atoms with Crippen LogP contribution in [0.5, 0.6) is 5.75 Å². The van der Waals surface area contributed by atoms with E-state index in [1.807, 2.05) is 7.05 Å². The van der Waals surface area contributed by atoms with E-state index in [0.717, 1.165) is 25.9 Å². The number of likely N-dealkylation sites (N-methyl/N-ethyl adjacent to an activating group) is 1. The zero-order chi connectivity index (χ0) is 18.0. The molecule has 1 saturated heterocycles. The molecule has 1 atom stereocenters. The van der Waals surface area contributed by atoms with Gasteiger partial charge in [0, 0.05) is 24.1 Å². The largest absolute Gasteiger partial charge is 0.573 e. The Hall–Kier alpha value is -2.35. The summed E-state index contributed by atoms with van der Waals surface area (Å²) in [4.78, 5) is 21.2. The molecule has 0 saturated carbocycles. The zero-order valence-corrected chi connectivity index (χ0v) is 13.6. The van der Waals surface area contributed by atoms with Crippen LogP contribution in [0.1, 0.15) is 24.5 Å². The quantitative estimate of drug-likeness (QED) is 0.921. The molecule has 1 aliphatic rings. The fourth-order valence-electron chi connectivity index (χ4n) is 3.07. The Kier molecular flexibility index (Phi) is 4.80. The molecule has 0 bridgehead atoms. The molecular weight excluding hydrogens is 335 g/mol. The molecule has 1 aromatic carbocycles. The highest BCUT2D eigenvalue weighted by Crippen LogP contribution is 2.28. The van der Waals surface area contributed by atoms with Gasteiger partial charge in [-0.05, 0) is 38.6 Å². The number of halogens is 3. The van der Waals surface area contributed by atoms with E-state index >= 15 is 0 Å². The molecule has 8 heteroatoms. The van der Waals surface area contributed by atoms with E-state index in [0.29, 0.717) is 11.3 Å². The Morgan fingerprint density at radius 2 is 2.12 bits per heavy atom. The number of hydrogen-bond acceptors (Lipinski definition) is 4. The highest BCUT2D eigenvalue weighted by molar-refractivity contribution is 5.57. The minimum absolute atomic E-state index is 0.134. The first-order valence-electron chi connectivity index (χ1n) is 7.96. The fraction of sp³-hybridized carbons (Fsp3) is 0.412. The SMILES string of the molecule is CN1CCC[C@@H](c2cc(=O)[nH]c(-c3cccc(OC(F)(F)F)c3)n2)C1. The van der Waals surface area contributed by atoms with Gasteiger partial charge in [0.25, 0.3) is 5.56 Å². The third-order valence-electron chi connectivity index (χ3n) is 4.15. The van der Waals surface area contributed by atoms with Gasteiger partial charge in [0.15, 0.2) is 0 Å². The van der Waals surface area contributed by atoms with Crippen molar-refractivity contribution in [2.45, 2.75) is 25.1 Å². The summed E-state index contributed by atoms with van der Waals surface area (Å²) in [6, 6.07) is 6.89. The van der Waals surface area contributed by atoms with Crippen LogP contribution in [0.3, 0.4) is 0 Å². The number of piperidine rings is 1. The lowest BCUT2D eigenvalue weighted by Crippen LogP contribution is -2.31. The molecule has 1 aromatic heterocycles. The molecular formula is C17H18F3N3O2. The van der Waals surface area contributed by atoms with Crippen LogP contribution in [-0.4, -0.2) is 41.4 Å². The highest BCUT2D eigenvalue weighted by Gasteiger charge is 2.31. The Labute approximate surface area is 142 Å². The highest BCUT2D eigenvalue weighted by atomic mass is 19.4. The predicted octanol–water partition coefficient (Wildman–Crippen LogP) is 3.14. The maximum absolute atomic E-state index is 12.4. The standard InChI is InChI=1S/C17H18F3N3O2/c1-23-7-3-5-12(10-23)14-9-15(24)22-16(21-14)11-4-2-6-13(8-11)25-17(18,19)20/h2,4,6,8-9,12H,3,5,7,10H2,1H3,(H,21,22,24)/t12-/m1/s1. The molecule has 1 aliphatic heterocycles. The number of ether oxygens (including phenoxy) is 1. The summed E-state index contributed by atoms with van der Waals surface area (Å²) in [6.07, 6.45) is -2.83. The first-order chi connectivity index (χ1) is 11.8. The summed E-state index contributed by atoms with van der Waals surface area (Å²) in [5, 5.41) is 0. The third-order valence-corrected chi connectivity index (χ3v) is 4.15. The molecule has 25 heavy (non-hydrogen) atoms. The molecule has 3 rings (SSSR count). The van der Waals surface area contributed by atoms with E-state index < -0.39 is 6.36 Å². The van der Waals surface area contributed by atoms with E-state index in [2.05, 4.69) is 19.6 Å². The van der Waals surface area contributed by atoms with Crippen molar-refractivity contribution in [1.82, 2.24) is 14.9 Å². The lowest BCUT2D eigenvalue weighted by atomic mass is 9.95. The average molecular weight is 353 g/mol. The van der Waals surface area contributed by atoms with Crippen molar-refractivity contribution in [1.29, 1.82) is 0 Å². The van der Waals surface area contributed by atoms with Gasteiger partial charge in [0.1, 0.15) is 11.6 Å². The van der Waals surface area contributed by atoms with E-state index in [1.165, 1.54) is 24.3 Å². The molecule has 134 valence electrons. The number of nitrogens with zero attached hydrogens (tertiary/aromatic N) is 2. The molecule has 2 heterocycles. The van der Waals surface area contributed by atoms with Crippen molar-refractivity contribution in [3.05, 3.63) is 46.4 Å². The van der Waals surface area contributed by atoms with E-state index in [4.69, 9.17) is 0 Å². The molecule has 0 aliphatic carbocycles. The third kappa shape index (κ3) is 4.60. The molecule has 0 amide bonds. The van der Waals surface area contributed by atoms with Gasteiger partial charge in [-0.2, -0.15) is 0 Å². The van der Waals surface area contributed by atoms with Crippen LogP contribution < -0.4 is 10.3 Å². The Morgan fingerprint density at radius 1 is 1.32 bits per heavy atom. The Bertz CT molecular complexity index is 804. The lowest BCUT2D eigenvalue weighted by Gasteiger charge is -2.29. The lowest BCUT2D eigenvalue weighted by molar-refractivity contribution is -0.274. The number of hydrogen-bond donors (Lipinski definition) is 1. The fourth-order valence-corrected chi connectivity index (χ4v) is 3.07. The number of aromatic nitrogens is 2. The van der Waals surface area contributed by atoms with Gasteiger partial charge in [-0.3, -0.25) is 4.79 Å². The van der Waals surface area contributed by atoms with Crippen LogP contribution in [0.15, 0.2) is 35.1 Å². The minimum Gasteiger partial charge on any atom is -0.406 e. The summed E-state index contributed by atoms with van der Waals surface area (Å²) in [7, 11) is 2.01. The van der Waals surface area contributed by atoms with E-state index in [9.17, 15) is 18.0 Å². The maximum Gasteiger partial charge on any atom is 0.573 e. The summed E-state index contributed by atoms with van der Waals surface area (Å²) in [5.41, 5.74) is 0.702. The number of H-pyrrole nitrogens is 1. The number of benzene rings is 1. The molecule has 0 spiro atoms. The van der Waals surface area contributed by atoms with Crippen molar-refractivity contribution in [2.24, 2.45) is 0 Å². The van der Waals surface area contributed by atoms with Crippen LogP contribution in [0.25, 0.3) is 11.4 Å². The van der Waals surface area contributed by atoms with Gasteiger partial charge < -0.3 is 14.6 Å². The van der Waals surface area contributed by atoms with E-state index in [1.54, 1.807) is 6.07 Å². The van der Waals surface area contributed by atoms with Crippen molar-refractivity contribution >= 4 is 0 Å². The summed E-state index contributed by atoms with van der Waals surface area (Å²) < 4.78 is 41.1. The second kappa shape index (κ2) is 6.87. The van der Waals surface area contributed by atoms with Crippen LogP contribution >= 0.6 is 0 Å². The minimum atomic E-state index is -4.77. The number of nitrogens with one attached hydrogen (secondary N) is 1. The number of aromatic amines is 1. The van der Waals surface area contributed by atoms with Crippen LogP contribution in [0.4, 0.5) is 13.2 Å². The second-order valence-electron chi connectivity index (χ2n) is 6.20. The smallest absolute Gasteiger partial charge is 0.406 e. The summed E-state index contributed by atoms with van der Waals surface area (Å²) in [5.74, 6) is 0.0215. The first-order valence-corrected chi connectivity index (χ1v) is 7.96. The normalized spacial score (nSPS) is 19.0. The summed E-state index contributed by atoms with van der Waals surface area (Å²) in [6.45, 7) is 1.80. The zero-order valence-electron chi connectivity index (χ0n) is 13.6. The van der Waals surface area contributed by atoms with Gasteiger partial charge >= 0.3 is 6.36 Å². The number of rotatable bonds is 3. The van der Waals surface area contributed by atoms with Crippen molar-refractivity contribution < 1.29 is 17.9 Å². The average Bonchev–Trinajstić information content (AvgIpc) is 2.53. The van der Waals surface area contributed by atoms with Gasteiger partial charge in [-0.15, -0.1) is 13.2 Å². The Morgan fingerprint density at radius 3 is 2.84 bits per heavy atom. The number of likely N-dealkylation sites (tertiary alicyclic amines) is 1. The summed E-state index contributed by atoms with van der Waals surface area (Å²) >= 11 is 0. The van der Waals surface area contributed by atoms with Gasteiger partial charge in [0.2, 0.25) is 0 Å². The molecule has 2 aromatic rings. The van der Waals surface area contributed by atoms with E-state index in [-0.39, 0.29) is 23.1 Å². The molecule has 1 fully saturated rings. The van der Waals surface area contributed by atoms with Crippen LogP contribution in [0, 0.1) is 0 Å². The van der Waals surface area contributed by atoms with Crippen molar-refractivity contribution in [3.8, 4) is 17.1 Å². The number of alkyl halides is 3. The molecule has 0 unspecified atom stereocenters. The maximum atomic E-state index is 12.4. The van der Waals surface area contributed by atoms with Crippen molar-refractivity contribution in [3.63, 3.8) is 0 Å². The topological polar surface area (TPSA) is 58.2 Å². The monoisotopic (exact) mass is 353 g/mol. The first kappa shape index (κ1) is 17.5. The Balaban J connectivity index is 1.92. The molecule has 5 nitrogen and oxygen atoms in total. The van der Waals surface area contributed by atoms with Crippen molar-refractivity contribution in [2.75, 3.05) is 20.1 Å². The van der Waals surface area contributed by atoms with Gasteiger partial charge in [-0.25, -0.2) is 4.98 Å². The molecule has 1 N–H and O–H groups in total. The van der Waals surface area contributed by atoms with Crippen LogP contribution in [-0.2, 0) is 0 Å². The molecule has 0 radical (unpaired) electrons. The van der Waals surface area contributed by atoms with Gasteiger partial charge in [0.05, 0.1) is 5.69 Å². The van der Waals surface area contributed by atoms with Gasteiger partial charge in [-0.1, -0.05) is 12.1 Å². The van der Waals surface area contributed by atoms with Crippen LogP contribution in [0.2, 0.25) is 0 Å². The second-order valence-corrected chi connectivity index (χ2v) is 6.20. The predicted molar refractivity (Wildman–Crippen MR) is 86.4 cm³/mol.